The predicted octanol–water partition coefficient (Wildman–Crippen LogP) is 3.18. The first kappa shape index (κ1) is 17.1. The van der Waals surface area contributed by atoms with Crippen LogP contribution in [0.5, 0.6) is 0 Å². The summed E-state index contributed by atoms with van der Waals surface area (Å²) >= 11 is 5.96. The smallest absolute Gasteiger partial charge is 0.232 e. The summed E-state index contributed by atoms with van der Waals surface area (Å²) in [5.41, 5.74) is 1.18. The fraction of sp³-hybridized carbons (Fsp3) is 0.562. The van der Waals surface area contributed by atoms with Crippen molar-refractivity contribution in [1.29, 1.82) is 0 Å². The molecule has 4 nitrogen and oxygen atoms in total. The SMILES string of the molecule is O=C1CC(CS(=O)(=O)Cl)CN1CC1(c2ccc(Cl)cc2)CCC1. The summed E-state index contributed by atoms with van der Waals surface area (Å²) in [6.07, 6.45) is 3.49. The number of carbonyl (C=O) groups is 1. The highest BCUT2D eigenvalue weighted by Gasteiger charge is 2.43. The molecule has 1 aromatic rings. The molecule has 1 amide bonds. The van der Waals surface area contributed by atoms with Crippen molar-refractivity contribution in [3.05, 3.63) is 34.9 Å². The maximum atomic E-state index is 12.2. The summed E-state index contributed by atoms with van der Waals surface area (Å²) in [5.74, 6) is -0.312. The molecule has 1 atom stereocenters. The van der Waals surface area contributed by atoms with Gasteiger partial charge in [0.2, 0.25) is 15.0 Å². The summed E-state index contributed by atoms with van der Waals surface area (Å²) in [6, 6.07) is 7.82. The molecule has 126 valence electrons. The first-order chi connectivity index (χ1) is 10.8. The van der Waals surface area contributed by atoms with E-state index in [4.69, 9.17) is 22.3 Å². The molecule has 1 aromatic carbocycles. The van der Waals surface area contributed by atoms with Crippen LogP contribution in [-0.2, 0) is 19.3 Å². The van der Waals surface area contributed by atoms with Crippen molar-refractivity contribution in [2.24, 2.45) is 5.92 Å². The Bertz CT molecular complexity index is 699. The lowest BCUT2D eigenvalue weighted by molar-refractivity contribution is -0.129. The van der Waals surface area contributed by atoms with E-state index in [0.717, 1.165) is 19.3 Å². The van der Waals surface area contributed by atoms with Crippen LogP contribution in [0.2, 0.25) is 5.02 Å². The zero-order valence-corrected chi connectivity index (χ0v) is 15.0. The number of amides is 1. The van der Waals surface area contributed by atoms with Gasteiger partial charge in [-0.1, -0.05) is 30.2 Å². The van der Waals surface area contributed by atoms with E-state index < -0.39 is 9.05 Å². The van der Waals surface area contributed by atoms with Gasteiger partial charge in [0.25, 0.3) is 0 Å². The molecule has 0 bridgehead atoms. The summed E-state index contributed by atoms with van der Waals surface area (Å²) in [4.78, 5) is 14.0. The van der Waals surface area contributed by atoms with E-state index in [9.17, 15) is 13.2 Å². The minimum Gasteiger partial charge on any atom is -0.341 e. The number of benzene rings is 1. The molecule has 0 spiro atoms. The van der Waals surface area contributed by atoms with Gasteiger partial charge in [-0.2, -0.15) is 0 Å². The Morgan fingerprint density at radius 2 is 1.87 bits per heavy atom. The van der Waals surface area contributed by atoms with Crippen LogP contribution < -0.4 is 0 Å². The van der Waals surface area contributed by atoms with E-state index in [1.165, 1.54) is 5.56 Å². The minimum absolute atomic E-state index is 0.0189. The first-order valence-corrected chi connectivity index (χ1v) is 10.6. The lowest BCUT2D eigenvalue weighted by atomic mass is 9.64. The lowest BCUT2D eigenvalue weighted by Gasteiger charge is -2.45. The van der Waals surface area contributed by atoms with Gasteiger partial charge in [-0.3, -0.25) is 4.79 Å². The van der Waals surface area contributed by atoms with Crippen LogP contribution in [0.1, 0.15) is 31.2 Å². The molecular formula is C16H19Cl2NO3S. The molecule has 7 heteroatoms. The van der Waals surface area contributed by atoms with Crippen LogP contribution >= 0.6 is 22.3 Å². The third kappa shape index (κ3) is 3.83. The average molecular weight is 376 g/mol. The molecule has 2 aliphatic rings. The van der Waals surface area contributed by atoms with Gasteiger partial charge in [-0.15, -0.1) is 0 Å². The van der Waals surface area contributed by atoms with Crippen LogP contribution in [0.4, 0.5) is 0 Å². The van der Waals surface area contributed by atoms with Gasteiger partial charge in [0.15, 0.2) is 0 Å². The molecular weight excluding hydrogens is 357 g/mol. The number of halogens is 2. The molecule has 0 aromatic heterocycles. The molecule has 1 aliphatic heterocycles. The van der Waals surface area contributed by atoms with E-state index >= 15 is 0 Å². The Kier molecular flexibility index (Phi) is 4.64. The van der Waals surface area contributed by atoms with Gasteiger partial charge in [-0.05, 0) is 30.5 Å². The van der Waals surface area contributed by atoms with Crippen molar-refractivity contribution in [2.75, 3.05) is 18.8 Å². The second-order valence-electron chi connectivity index (χ2n) is 6.69. The van der Waals surface area contributed by atoms with Gasteiger partial charge in [-0.25, -0.2) is 8.42 Å². The van der Waals surface area contributed by atoms with Crippen molar-refractivity contribution in [3.63, 3.8) is 0 Å². The fourth-order valence-electron chi connectivity index (χ4n) is 3.71. The molecule has 0 radical (unpaired) electrons. The second kappa shape index (κ2) is 6.26. The van der Waals surface area contributed by atoms with Gasteiger partial charge in [0, 0.05) is 46.5 Å². The average Bonchev–Trinajstić information content (AvgIpc) is 2.72. The quantitative estimate of drug-likeness (QED) is 0.742. The van der Waals surface area contributed by atoms with Crippen molar-refractivity contribution >= 4 is 37.2 Å². The molecule has 1 unspecified atom stereocenters. The molecule has 1 aliphatic carbocycles. The number of carbonyl (C=O) groups excluding carboxylic acids is 1. The topological polar surface area (TPSA) is 54.5 Å². The van der Waals surface area contributed by atoms with Crippen LogP contribution in [0.3, 0.4) is 0 Å². The third-order valence-corrected chi connectivity index (χ3v) is 6.49. The predicted molar refractivity (Wildman–Crippen MR) is 91.3 cm³/mol. The molecule has 1 heterocycles. The Balaban J connectivity index is 1.72. The van der Waals surface area contributed by atoms with Gasteiger partial charge in [0.05, 0.1) is 5.75 Å². The zero-order valence-electron chi connectivity index (χ0n) is 12.7. The highest BCUT2D eigenvalue weighted by atomic mass is 35.7. The van der Waals surface area contributed by atoms with E-state index in [-0.39, 0.29) is 29.4 Å². The van der Waals surface area contributed by atoms with Crippen LogP contribution in [0.15, 0.2) is 24.3 Å². The Hall–Kier alpha value is -0.780. The van der Waals surface area contributed by atoms with Gasteiger partial charge >= 0.3 is 0 Å². The molecule has 23 heavy (non-hydrogen) atoms. The summed E-state index contributed by atoms with van der Waals surface area (Å²) in [6.45, 7) is 1.12. The molecule has 3 rings (SSSR count). The van der Waals surface area contributed by atoms with Gasteiger partial charge < -0.3 is 4.90 Å². The van der Waals surface area contributed by atoms with Crippen LogP contribution in [0.25, 0.3) is 0 Å². The lowest BCUT2D eigenvalue weighted by Crippen LogP contribution is -2.46. The van der Waals surface area contributed by atoms with Gasteiger partial charge in [0.1, 0.15) is 0 Å². The fourth-order valence-corrected chi connectivity index (χ4v) is 5.16. The van der Waals surface area contributed by atoms with Crippen LogP contribution in [0, 0.1) is 5.92 Å². The zero-order chi connectivity index (χ0) is 16.7. The third-order valence-electron chi connectivity index (χ3n) is 4.99. The highest BCUT2D eigenvalue weighted by Crippen LogP contribution is 2.45. The number of rotatable bonds is 5. The summed E-state index contributed by atoms with van der Waals surface area (Å²) < 4.78 is 22.5. The van der Waals surface area contributed by atoms with E-state index in [0.29, 0.717) is 18.1 Å². The number of nitrogens with zero attached hydrogens (tertiary/aromatic N) is 1. The minimum atomic E-state index is -3.57. The Morgan fingerprint density at radius 3 is 2.39 bits per heavy atom. The molecule has 0 N–H and O–H groups in total. The largest absolute Gasteiger partial charge is 0.341 e. The summed E-state index contributed by atoms with van der Waals surface area (Å²) in [7, 11) is 1.75. The monoisotopic (exact) mass is 375 g/mol. The number of likely N-dealkylation sites (tertiary alicyclic amines) is 1. The molecule has 2 fully saturated rings. The van der Waals surface area contributed by atoms with Crippen molar-refractivity contribution in [3.8, 4) is 0 Å². The normalized spacial score (nSPS) is 23.8. The highest BCUT2D eigenvalue weighted by molar-refractivity contribution is 8.13. The van der Waals surface area contributed by atoms with Crippen LogP contribution in [-0.4, -0.2) is 38.1 Å². The van der Waals surface area contributed by atoms with Crippen molar-refractivity contribution in [2.45, 2.75) is 31.1 Å². The van der Waals surface area contributed by atoms with E-state index in [2.05, 4.69) is 0 Å². The maximum absolute atomic E-state index is 12.2. The summed E-state index contributed by atoms with van der Waals surface area (Å²) in [5, 5.41) is 0.702. The molecule has 1 saturated carbocycles. The van der Waals surface area contributed by atoms with Crippen molar-refractivity contribution < 1.29 is 13.2 Å². The number of hydrogen-bond acceptors (Lipinski definition) is 3. The first-order valence-electron chi connectivity index (χ1n) is 7.74. The number of hydrogen-bond donors (Lipinski definition) is 0. The Labute approximate surface area is 146 Å². The van der Waals surface area contributed by atoms with E-state index in [1.807, 2.05) is 24.3 Å². The molecule has 1 saturated heterocycles. The van der Waals surface area contributed by atoms with Crippen molar-refractivity contribution in [1.82, 2.24) is 4.90 Å². The maximum Gasteiger partial charge on any atom is 0.232 e. The standard InChI is InChI=1S/C16H19Cl2NO3S/c17-14-4-2-13(3-5-14)16(6-1-7-16)11-19-9-12(8-15(19)20)10-23(18,21)22/h2-5,12H,1,6-11H2. The second-order valence-corrected chi connectivity index (χ2v) is 9.95. The van der Waals surface area contributed by atoms with E-state index in [1.54, 1.807) is 4.90 Å². The Morgan fingerprint density at radius 1 is 1.22 bits per heavy atom.